The average molecular weight is 268 g/mol. The van der Waals surface area contributed by atoms with Crippen LogP contribution < -0.4 is 10.6 Å². The Morgan fingerprint density at radius 3 is 2.63 bits per heavy atom. The molecule has 7 heteroatoms. The van der Waals surface area contributed by atoms with Crippen LogP contribution in [0.5, 0.6) is 0 Å². The third-order valence-electron chi connectivity index (χ3n) is 2.72. The number of nitrogens with zero attached hydrogens (tertiary/aromatic N) is 1. The van der Waals surface area contributed by atoms with E-state index in [0.717, 1.165) is 5.69 Å². The number of carboxylic acid groups (broad SMARTS) is 1. The maximum Gasteiger partial charge on any atom is 0.315 e. The molecule has 0 saturated heterocycles. The SMILES string of the molecule is CC(C)(C)C(CC(=O)O)NC(=O)NCc1cnc[nH]1. The van der Waals surface area contributed by atoms with Crippen molar-refractivity contribution in [3.8, 4) is 0 Å². The van der Waals surface area contributed by atoms with Gasteiger partial charge in [-0.25, -0.2) is 9.78 Å². The van der Waals surface area contributed by atoms with E-state index in [-0.39, 0.29) is 11.8 Å². The Kier molecular flexibility index (Phi) is 4.91. The predicted molar refractivity (Wildman–Crippen MR) is 69.5 cm³/mol. The van der Waals surface area contributed by atoms with Gasteiger partial charge in [0.25, 0.3) is 0 Å². The Morgan fingerprint density at radius 2 is 2.16 bits per heavy atom. The Bertz CT molecular complexity index is 423. The van der Waals surface area contributed by atoms with E-state index >= 15 is 0 Å². The largest absolute Gasteiger partial charge is 0.481 e. The van der Waals surface area contributed by atoms with E-state index in [9.17, 15) is 9.59 Å². The highest BCUT2D eigenvalue weighted by molar-refractivity contribution is 5.75. The number of hydrogen-bond acceptors (Lipinski definition) is 3. The minimum absolute atomic E-state index is 0.110. The van der Waals surface area contributed by atoms with Crippen molar-refractivity contribution in [2.24, 2.45) is 5.41 Å². The summed E-state index contributed by atoms with van der Waals surface area (Å²) in [4.78, 5) is 29.2. The van der Waals surface area contributed by atoms with Crippen LogP contribution in [0.4, 0.5) is 4.79 Å². The number of aromatic amines is 1. The minimum atomic E-state index is -0.936. The lowest BCUT2D eigenvalue weighted by atomic mass is 9.85. The van der Waals surface area contributed by atoms with Crippen molar-refractivity contribution in [2.45, 2.75) is 39.8 Å². The fourth-order valence-corrected chi connectivity index (χ4v) is 1.51. The molecule has 1 rings (SSSR count). The van der Waals surface area contributed by atoms with Gasteiger partial charge in [-0.1, -0.05) is 20.8 Å². The summed E-state index contributed by atoms with van der Waals surface area (Å²) in [5.41, 5.74) is 0.449. The molecule has 19 heavy (non-hydrogen) atoms. The molecule has 1 unspecified atom stereocenters. The van der Waals surface area contributed by atoms with Crippen molar-refractivity contribution >= 4 is 12.0 Å². The summed E-state index contributed by atoms with van der Waals surface area (Å²) < 4.78 is 0. The van der Waals surface area contributed by atoms with Gasteiger partial charge in [0.15, 0.2) is 0 Å². The van der Waals surface area contributed by atoms with Crippen molar-refractivity contribution in [3.05, 3.63) is 18.2 Å². The second kappa shape index (κ2) is 6.21. The van der Waals surface area contributed by atoms with Gasteiger partial charge in [0.1, 0.15) is 0 Å². The third kappa shape index (κ3) is 5.41. The first-order valence-electron chi connectivity index (χ1n) is 6.02. The highest BCUT2D eigenvalue weighted by Gasteiger charge is 2.28. The van der Waals surface area contributed by atoms with Gasteiger partial charge in [-0.15, -0.1) is 0 Å². The van der Waals surface area contributed by atoms with Crippen molar-refractivity contribution in [2.75, 3.05) is 0 Å². The zero-order valence-corrected chi connectivity index (χ0v) is 11.4. The lowest BCUT2D eigenvalue weighted by Crippen LogP contribution is -2.48. The zero-order valence-electron chi connectivity index (χ0n) is 11.4. The fraction of sp³-hybridized carbons (Fsp3) is 0.583. The second-order valence-electron chi connectivity index (χ2n) is 5.42. The van der Waals surface area contributed by atoms with Gasteiger partial charge < -0.3 is 20.7 Å². The van der Waals surface area contributed by atoms with Crippen LogP contribution in [0.25, 0.3) is 0 Å². The number of nitrogens with one attached hydrogen (secondary N) is 3. The number of aromatic nitrogens is 2. The van der Waals surface area contributed by atoms with E-state index < -0.39 is 18.0 Å². The molecular formula is C12H20N4O3. The molecule has 0 aliphatic rings. The average Bonchev–Trinajstić information content (AvgIpc) is 2.76. The number of imidazole rings is 1. The molecule has 7 nitrogen and oxygen atoms in total. The molecular weight excluding hydrogens is 248 g/mol. The Hall–Kier alpha value is -2.05. The van der Waals surface area contributed by atoms with E-state index in [0.29, 0.717) is 6.54 Å². The lowest BCUT2D eigenvalue weighted by Gasteiger charge is -2.30. The number of carbonyl (C=O) groups is 2. The molecule has 0 fully saturated rings. The monoisotopic (exact) mass is 268 g/mol. The van der Waals surface area contributed by atoms with E-state index in [1.165, 1.54) is 6.33 Å². The summed E-state index contributed by atoms with van der Waals surface area (Å²) in [7, 11) is 0. The first-order chi connectivity index (χ1) is 8.79. The summed E-state index contributed by atoms with van der Waals surface area (Å²) in [6.45, 7) is 5.97. The quantitative estimate of drug-likeness (QED) is 0.641. The van der Waals surface area contributed by atoms with E-state index in [2.05, 4.69) is 20.6 Å². The van der Waals surface area contributed by atoms with Crippen molar-refractivity contribution in [3.63, 3.8) is 0 Å². The van der Waals surface area contributed by atoms with E-state index in [4.69, 9.17) is 5.11 Å². The van der Waals surface area contributed by atoms with Gasteiger partial charge >= 0.3 is 12.0 Å². The van der Waals surface area contributed by atoms with Crippen LogP contribution in [0.2, 0.25) is 0 Å². The highest BCUT2D eigenvalue weighted by Crippen LogP contribution is 2.21. The van der Waals surface area contributed by atoms with Gasteiger partial charge in [0.2, 0.25) is 0 Å². The van der Waals surface area contributed by atoms with E-state index in [1.807, 2.05) is 20.8 Å². The number of H-pyrrole nitrogens is 1. The molecule has 1 aromatic rings. The summed E-state index contributed by atoms with van der Waals surface area (Å²) >= 11 is 0. The minimum Gasteiger partial charge on any atom is -0.481 e. The maximum absolute atomic E-state index is 11.7. The molecule has 2 amide bonds. The molecule has 1 heterocycles. The standard InChI is InChI=1S/C12H20N4O3/c1-12(2,3)9(4-10(17)18)16-11(19)14-6-8-5-13-7-15-8/h5,7,9H,4,6H2,1-3H3,(H,13,15)(H,17,18)(H2,14,16,19). The molecule has 106 valence electrons. The molecule has 0 aliphatic carbocycles. The van der Waals surface area contributed by atoms with Crippen molar-refractivity contribution in [1.82, 2.24) is 20.6 Å². The molecule has 4 N–H and O–H groups in total. The fourth-order valence-electron chi connectivity index (χ4n) is 1.51. The molecule has 1 aromatic heterocycles. The molecule has 0 saturated carbocycles. The van der Waals surface area contributed by atoms with Crippen molar-refractivity contribution < 1.29 is 14.7 Å². The predicted octanol–water partition coefficient (Wildman–Crippen LogP) is 1.10. The topological polar surface area (TPSA) is 107 Å². The summed E-state index contributed by atoms with van der Waals surface area (Å²) in [6.07, 6.45) is 3.02. The lowest BCUT2D eigenvalue weighted by molar-refractivity contribution is -0.138. The maximum atomic E-state index is 11.7. The number of hydrogen-bond donors (Lipinski definition) is 4. The highest BCUT2D eigenvalue weighted by atomic mass is 16.4. The van der Waals surface area contributed by atoms with Gasteiger partial charge in [-0.05, 0) is 5.41 Å². The number of carbonyl (C=O) groups excluding carboxylic acids is 1. The molecule has 0 bridgehead atoms. The number of aliphatic carboxylic acids is 1. The van der Waals surface area contributed by atoms with E-state index in [1.54, 1.807) is 6.20 Å². The second-order valence-corrected chi connectivity index (χ2v) is 5.42. The molecule has 1 atom stereocenters. The smallest absolute Gasteiger partial charge is 0.315 e. The van der Waals surface area contributed by atoms with Gasteiger partial charge in [0.05, 0.1) is 25.0 Å². The first-order valence-corrected chi connectivity index (χ1v) is 6.02. The van der Waals surface area contributed by atoms with Crippen LogP contribution in [0.3, 0.4) is 0 Å². The van der Waals surface area contributed by atoms with Crippen LogP contribution in [0, 0.1) is 5.41 Å². The van der Waals surface area contributed by atoms with Crippen LogP contribution in [-0.2, 0) is 11.3 Å². The number of rotatable bonds is 5. The molecule has 0 aliphatic heterocycles. The van der Waals surface area contributed by atoms with Crippen LogP contribution in [0.15, 0.2) is 12.5 Å². The summed E-state index contributed by atoms with van der Waals surface area (Å²) in [5.74, 6) is -0.936. The van der Waals surface area contributed by atoms with Crippen molar-refractivity contribution in [1.29, 1.82) is 0 Å². The van der Waals surface area contributed by atoms with Crippen LogP contribution in [0.1, 0.15) is 32.9 Å². The normalized spacial score (nSPS) is 12.8. The Morgan fingerprint density at radius 1 is 1.47 bits per heavy atom. The Labute approximate surface area is 111 Å². The summed E-state index contributed by atoms with van der Waals surface area (Å²) in [6, 6.07) is -0.831. The van der Waals surface area contributed by atoms with Gasteiger partial charge in [-0.2, -0.15) is 0 Å². The van der Waals surface area contributed by atoms with Crippen LogP contribution in [-0.4, -0.2) is 33.1 Å². The number of carboxylic acids is 1. The first kappa shape index (κ1) is 15.0. The van der Waals surface area contributed by atoms with Gasteiger partial charge in [0, 0.05) is 12.2 Å². The summed E-state index contributed by atoms with van der Waals surface area (Å²) in [5, 5.41) is 14.2. The Balaban J connectivity index is 2.49. The molecule has 0 spiro atoms. The zero-order chi connectivity index (χ0) is 14.5. The molecule has 0 radical (unpaired) electrons. The number of urea groups is 1. The van der Waals surface area contributed by atoms with Crippen LogP contribution >= 0.6 is 0 Å². The molecule has 0 aromatic carbocycles. The third-order valence-corrected chi connectivity index (χ3v) is 2.72. The number of amides is 2. The van der Waals surface area contributed by atoms with Gasteiger partial charge in [-0.3, -0.25) is 4.79 Å².